The molecule has 12 heteroatoms. The third-order valence-electron chi connectivity index (χ3n) is 3.77. The van der Waals surface area contributed by atoms with E-state index >= 15 is 0 Å². The van der Waals surface area contributed by atoms with Crippen molar-refractivity contribution in [3.05, 3.63) is 59.9 Å². The van der Waals surface area contributed by atoms with Gasteiger partial charge in [-0.05, 0) is 48.9 Å². The Hall–Kier alpha value is -2.86. The Morgan fingerprint density at radius 2 is 1.81 bits per heavy atom. The zero-order chi connectivity index (χ0) is 22.4. The molecule has 1 heterocycles. The van der Waals surface area contributed by atoms with Crippen LogP contribution in [0.25, 0.3) is 0 Å². The van der Waals surface area contributed by atoms with Crippen molar-refractivity contribution in [1.82, 2.24) is 15.5 Å². The number of hydrogen-bond acceptors (Lipinski definition) is 7. The van der Waals surface area contributed by atoms with Gasteiger partial charge in [-0.1, -0.05) is 35.2 Å². The van der Waals surface area contributed by atoms with Gasteiger partial charge in [-0.3, -0.25) is 4.79 Å². The number of aromatic nitrogens is 2. The van der Waals surface area contributed by atoms with E-state index in [9.17, 15) is 22.4 Å². The normalized spacial score (nSPS) is 12.3. The molecule has 3 rings (SSSR count). The first-order valence-electron chi connectivity index (χ1n) is 8.83. The molecule has 0 spiro atoms. The zero-order valence-corrected chi connectivity index (χ0v) is 17.6. The number of ether oxygens (including phenoxy) is 1. The molecule has 1 aromatic heterocycles. The summed E-state index contributed by atoms with van der Waals surface area (Å²) < 4.78 is 53.9. The van der Waals surface area contributed by atoms with Crippen LogP contribution in [0.3, 0.4) is 0 Å². The van der Waals surface area contributed by atoms with Gasteiger partial charge in [-0.15, -0.1) is 23.4 Å². The van der Waals surface area contributed by atoms with Gasteiger partial charge in [0, 0.05) is 12.2 Å². The van der Waals surface area contributed by atoms with E-state index in [2.05, 4.69) is 25.6 Å². The second kappa shape index (κ2) is 9.96. The summed E-state index contributed by atoms with van der Waals surface area (Å²) in [5, 5.41) is 13.7. The number of amides is 1. The van der Waals surface area contributed by atoms with Crippen molar-refractivity contribution in [3.63, 3.8) is 0 Å². The third-order valence-corrected chi connectivity index (χ3v) is 5.80. The molecule has 0 aliphatic heterocycles. The van der Waals surface area contributed by atoms with Crippen molar-refractivity contribution >= 4 is 39.8 Å². The lowest BCUT2D eigenvalue weighted by Gasteiger charge is -2.10. The summed E-state index contributed by atoms with van der Waals surface area (Å²) in [7, 11) is 0. The highest BCUT2D eigenvalue weighted by Gasteiger charge is 2.31. The molecular formula is C19H16F4N4O2S2. The van der Waals surface area contributed by atoms with E-state index < -0.39 is 11.6 Å². The standard InChI is InChI=1S/C19H16F4N4O2S2/c1-11(16(28)24-10-12-2-4-13(20)5-3-12)30-18-27-26-17(31-18)25-14-6-8-15(9-7-14)29-19(21,22)23/h2-9,11H,10H2,1H3,(H,24,28)(H,25,26). The second-order valence-electron chi connectivity index (χ2n) is 6.17. The number of nitrogens with zero attached hydrogens (tertiary/aromatic N) is 2. The van der Waals surface area contributed by atoms with Crippen molar-refractivity contribution in [3.8, 4) is 5.75 Å². The average Bonchev–Trinajstić information content (AvgIpc) is 3.14. The Balaban J connectivity index is 1.49. The lowest BCUT2D eigenvalue weighted by Crippen LogP contribution is -2.30. The van der Waals surface area contributed by atoms with E-state index in [4.69, 9.17) is 0 Å². The van der Waals surface area contributed by atoms with Crippen molar-refractivity contribution in [1.29, 1.82) is 0 Å². The average molecular weight is 472 g/mol. The molecule has 0 radical (unpaired) electrons. The number of halogens is 4. The molecule has 2 aromatic carbocycles. The quantitative estimate of drug-likeness (QED) is 0.350. The van der Waals surface area contributed by atoms with Crippen LogP contribution in [0.1, 0.15) is 12.5 Å². The molecule has 6 nitrogen and oxygen atoms in total. The highest BCUT2D eigenvalue weighted by atomic mass is 32.2. The molecule has 0 aliphatic rings. The molecule has 1 unspecified atom stereocenters. The van der Waals surface area contributed by atoms with Crippen molar-refractivity contribution < 1.29 is 27.1 Å². The van der Waals surface area contributed by atoms with E-state index in [1.54, 1.807) is 19.1 Å². The number of alkyl halides is 3. The van der Waals surface area contributed by atoms with Crippen LogP contribution in [0.2, 0.25) is 0 Å². The van der Waals surface area contributed by atoms with Gasteiger partial charge in [0.15, 0.2) is 4.34 Å². The number of nitrogens with one attached hydrogen (secondary N) is 2. The highest BCUT2D eigenvalue weighted by Crippen LogP contribution is 2.31. The topological polar surface area (TPSA) is 76.1 Å². The van der Waals surface area contributed by atoms with Gasteiger partial charge in [0.2, 0.25) is 11.0 Å². The van der Waals surface area contributed by atoms with Gasteiger partial charge in [0.05, 0.1) is 5.25 Å². The van der Waals surface area contributed by atoms with Crippen LogP contribution in [0.4, 0.5) is 28.4 Å². The number of hydrogen-bond donors (Lipinski definition) is 2. The lowest BCUT2D eigenvalue weighted by atomic mass is 10.2. The molecule has 164 valence electrons. The van der Waals surface area contributed by atoms with E-state index in [-0.39, 0.29) is 24.0 Å². The monoisotopic (exact) mass is 472 g/mol. The summed E-state index contributed by atoms with van der Waals surface area (Å²) in [4.78, 5) is 12.3. The fraction of sp³-hybridized carbons (Fsp3) is 0.211. The van der Waals surface area contributed by atoms with Crippen molar-refractivity contribution in [2.24, 2.45) is 0 Å². The Morgan fingerprint density at radius 3 is 2.45 bits per heavy atom. The number of thioether (sulfide) groups is 1. The van der Waals surface area contributed by atoms with Gasteiger partial charge in [-0.25, -0.2) is 4.39 Å². The molecule has 0 saturated heterocycles. The zero-order valence-electron chi connectivity index (χ0n) is 15.9. The van der Waals surface area contributed by atoms with Crippen LogP contribution in [0.5, 0.6) is 5.75 Å². The highest BCUT2D eigenvalue weighted by molar-refractivity contribution is 8.02. The Kier molecular flexibility index (Phi) is 7.33. The maximum Gasteiger partial charge on any atom is 0.573 e. The van der Waals surface area contributed by atoms with Gasteiger partial charge in [0.1, 0.15) is 11.6 Å². The van der Waals surface area contributed by atoms with E-state index in [1.165, 1.54) is 59.5 Å². The molecule has 1 amide bonds. The summed E-state index contributed by atoms with van der Waals surface area (Å²) in [6, 6.07) is 11.0. The SMILES string of the molecule is CC(Sc1nnc(Nc2ccc(OC(F)(F)F)cc2)s1)C(=O)NCc1ccc(F)cc1. The van der Waals surface area contributed by atoms with Crippen LogP contribution in [-0.2, 0) is 11.3 Å². The fourth-order valence-corrected chi connectivity index (χ4v) is 4.25. The van der Waals surface area contributed by atoms with Crippen LogP contribution in [0, 0.1) is 5.82 Å². The van der Waals surface area contributed by atoms with Gasteiger partial charge < -0.3 is 15.4 Å². The largest absolute Gasteiger partial charge is 0.573 e. The lowest BCUT2D eigenvalue weighted by molar-refractivity contribution is -0.274. The van der Waals surface area contributed by atoms with Crippen LogP contribution >= 0.6 is 23.1 Å². The maximum atomic E-state index is 12.9. The molecule has 0 bridgehead atoms. The van der Waals surface area contributed by atoms with Crippen LogP contribution in [0.15, 0.2) is 52.9 Å². The minimum atomic E-state index is -4.75. The van der Waals surface area contributed by atoms with Gasteiger partial charge in [-0.2, -0.15) is 0 Å². The molecular weight excluding hydrogens is 456 g/mol. The smallest absolute Gasteiger partial charge is 0.406 e. The summed E-state index contributed by atoms with van der Waals surface area (Å²) >= 11 is 2.42. The Morgan fingerprint density at radius 1 is 1.13 bits per heavy atom. The van der Waals surface area contributed by atoms with Gasteiger partial charge in [0.25, 0.3) is 0 Å². The number of carbonyl (C=O) groups excluding carboxylic acids is 1. The summed E-state index contributed by atoms with van der Waals surface area (Å²) in [5.74, 6) is -0.878. The molecule has 2 N–H and O–H groups in total. The molecule has 3 aromatic rings. The van der Waals surface area contributed by atoms with Crippen molar-refractivity contribution in [2.75, 3.05) is 5.32 Å². The van der Waals surface area contributed by atoms with Crippen LogP contribution < -0.4 is 15.4 Å². The Labute approximate surface area is 183 Å². The minimum absolute atomic E-state index is 0.209. The Bertz CT molecular complexity index is 1010. The first-order chi connectivity index (χ1) is 14.7. The summed E-state index contributed by atoms with van der Waals surface area (Å²) in [6.07, 6.45) is -4.75. The number of anilines is 2. The summed E-state index contributed by atoms with van der Waals surface area (Å²) in [5.41, 5.74) is 1.29. The van der Waals surface area contributed by atoms with Gasteiger partial charge >= 0.3 is 6.36 Å². The minimum Gasteiger partial charge on any atom is -0.406 e. The number of rotatable bonds is 8. The fourth-order valence-electron chi connectivity index (χ4n) is 2.31. The molecule has 1 atom stereocenters. The van der Waals surface area contributed by atoms with E-state index in [0.29, 0.717) is 15.2 Å². The first kappa shape index (κ1) is 22.8. The molecule has 0 saturated carbocycles. The van der Waals surface area contributed by atoms with Crippen LogP contribution in [-0.4, -0.2) is 27.7 Å². The van der Waals surface area contributed by atoms with Crippen molar-refractivity contribution in [2.45, 2.75) is 29.4 Å². The predicted molar refractivity (Wildman–Crippen MR) is 110 cm³/mol. The number of benzene rings is 2. The third kappa shape index (κ3) is 7.40. The number of carbonyl (C=O) groups is 1. The maximum absolute atomic E-state index is 12.9. The molecule has 31 heavy (non-hydrogen) atoms. The predicted octanol–water partition coefficient (Wildman–Crippen LogP) is 5.12. The van der Waals surface area contributed by atoms with E-state index in [0.717, 1.165) is 5.56 Å². The summed E-state index contributed by atoms with van der Waals surface area (Å²) in [6.45, 7) is 2.00. The van der Waals surface area contributed by atoms with E-state index in [1.807, 2.05) is 0 Å². The first-order valence-corrected chi connectivity index (χ1v) is 10.5. The molecule has 0 aliphatic carbocycles. The second-order valence-corrected chi connectivity index (χ2v) is 8.74. The molecule has 0 fully saturated rings.